The van der Waals surface area contributed by atoms with Crippen LogP contribution < -0.4 is 5.32 Å². The zero-order valence-electron chi connectivity index (χ0n) is 10.5. The van der Waals surface area contributed by atoms with Crippen molar-refractivity contribution in [3.05, 3.63) is 18.1 Å². The Morgan fingerprint density at radius 2 is 2.50 bits per heavy atom. The van der Waals surface area contributed by atoms with Crippen LogP contribution >= 0.6 is 0 Å². The van der Waals surface area contributed by atoms with Gasteiger partial charge in [-0.3, -0.25) is 0 Å². The van der Waals surface area contributed by atoms with Crippen LogP contribution in [0, 0.1) is 5.92 Å². The third-order valence-electron chi connectivity index (χ3n) is 3.10. The number of carbonyl (C=O) groups excluding carboxylic acids is 1. The molecule has 2 atom stereocenters. The van der Waals surface area contributed by atoms with Gasteiger partial charge in [0.25, 0.3) is 0 Å². The van der Waals surface area contributed by atoms with Gasteiger partial charge >= 0.3 is 5.97 Å². The molecule has 1 aromatic heterocycles. The van der Waals surface area contributed by atoms with Crippen molar-refractivity contribution in [2.45, 2.75) is 19.4 Å². The first-order valence-electron chi connectivity index (χ1n) is 5.97. The highest BCUT2D eigenvalue weighted by atomic mass is 16.5. The van der Waals surface area contributed by atoms with Gasteiger partial charge in [0, 0.05) is 25.3 Å². The molecule has 1 aromatic rings. The number of aromatic nitrogens is 2. The summed E-state index contributed by atoms with van der Waals surface area (Å²) in [6.45, 7) is 3.66. The lowest BCUT2D eigenvalue weighted by molar-refractivity contribution is 0.0587. The number of ether oxygens (including phenoxy) is 2. The number of anilines is 1. The summed E-state index contributed by atoms with van der Waals surface area (Å²) in [6, 6.07) is 1.73. The standard InChI is InChI=1S/C12H17N3O3/c1-8-9(4-6-18-8)7-14-10-3-5-13-11(15-10)12(16)17-2/h3,5,8-9H,4,6-7H2,1-2H3,(H,13,14,15). The van der Waals surface area contributed by atoms with Gasteiger partial charge in [0.15, 0.2) is 0 Å². The topological polar surface area (TPSA) is 73.3 Å². The van der Waals surface area contributed by atoms with Crippen LogP contribution in [0.4, 0.5) is 5.82 Å². The van der Waals surface area contributed by atoms with Gasteiger partial charge in [-0.1, -0.05) is 0 Å². The molecule has 2 unspecified atom stereocenters. The fraction of sp³-hybridized carbons (Fsp3) is 0.583. The molecule has 0 amide bonds. The predicted molar refractivity (Wildman–Crippen MR) is 65.4 cm³/mol. The molecule has 0 spiro atoms. The van der Waals surface area contributed by atoms with E-state index >= 15 is 0 Å². The van der Waals surface area contributed by atoms with E-state index in [1.54, 1.807) is 6.07 Å². The molecule has 0 saturated carbocycles. The van der Waals surface area contributed by atoms with E-state index in [-0.39, 0.29) is 11.9 Å². The summed E-state index contributed by atoms with van der Waals surface area (Å²) in [5, 5.41) is 3.20. The van der Waals surface area contributed by atoms with Crippen LogP contribution in [-0.4, -0.2) is 42.3 Å². The van der Waals surface area contributed by atoms with Crippen molar-refractivity contribution in [2.75, 3.05) is 25.6 Å². The molecule has 1 aliphatic heterocycles. The summed E-state index contributed by atoms with van der Waals surface area (Å²) in [5.74, 6) is 0.639. The third-order valence-corrected chi connectivity index (χ3v) is 3.10. The molecule has 0 bridgehead atoms. The predicted octanol–water partition coefficient (Wildman–Crippen LogP) is 1.10. The van der Waals surface area contributed by atoms with Gasteiger partial charge < -0.3 is 14.8 Å². The Hall–Kier alpha value is -1.69. The molecule has 0 aromatic carbocycles. The summed E-state index contributed by atoms with van der Waals surface area (Å²) >= 11 is 0. The Labute approximate surface area is 106 Å². The maximum absolute atomic E-state index is 11.3. The quantitative estimate of drug-likeness (QED) is 0.808. The van der Waals surface area contributed by atoms with E-state index in [9.17, 15) is 4.79 Å². The number of esters is 1. The highest BCUT2D eigenvalue weighted by Crippen LogP contribution is 2.20. The van der Waals surface area contributed by atoms with E-state index in [4.69, 9.17) is 4.74 Å². The fourth-order valence-corrected chi connectivity index (χ4v) is 1.93. The fourth-order valence-electron chi connectivity index (χ4n) is 1.93. The largest absolute Gasteiger partial charge is 0.463 e. The van der Waals surface area contributed by atoms with Crippen LogP contribution in [0.1, 0.15) is 24.0 Å². The lowest BCUT2D eigenvalue weighted by atomic mass is 10.0. The normalized spacial score (nSPS) is 22.8. The first-order chi connectivity index (χ1) is 8.70. The summed E-state index contributed by atoms with van der Waals surface area (Å²) in [6.07, 6.45) is 2.85. The van der Waals surface area contributed by atoms with Gasteiger partial charge in [-0.15, -0.1) is 0 Å². The number of methoxy groups -OCH3 is 1. The van der Waals surface area contributed by atoms with Gasteiger partial charge in [0.2, 0.25) is 5.82 Å². The molecule has 98 valence electrons. The van der Waals surface area contributed by atoms with E-state index in [1.165, 1.54) is 13.3 Å². The monoisotopic (exact) mass is 251 g/mol. The summed E-state index contributed by atoms with van der Waals surface area (Å²) < 4.78 is 10.1. The zero-order valence-corrected chi connectivity index (χ0v) is 10.5. The second-order valence-electron chi connectivity index (χ2n) is 4.26. The van der Waals surface area contributed by atoms with Crippen LogP contribution in [0.3, 0.4) is 0 Å². The van der Waals surface area contributed by atoms with Crippen molar-refractivity contribution in [3.8, 4) is 0 Å². The minimum Gasteiger partial charge on any atom is -0.463 e. The van der Waals surface area contributed by atoms with Crippen LogP contribution in [0.15, 0.2) is 12.3 Å². The maximum atomic E-state index is 11.3. The summed E-state index contributed by atoms with van der Waals surface area (Å²) in [5.41, 5.74) is 0. The van der Waals surface area contributed by atoms with Gasteiger partial charge in [0.1, 0.15) is 5.82 Å². The second-order valence-corrected chi connectivity index (χ2v) is 4.26. The molecule has 1 N–H and O–H groups in total. The molecule has 18 heavy (non-hydrogen) atoms. The average molecular weight is 251 g/mol. The molecular formula is C12H17N3O3. The van der Waals surface area contributed by atoms with Crippen LogP contribution in [0.5, 0.6) is 0 Å². The zero-order chi connectivity index (χ0) is 13.0. The second kappa shape index (κ2) is 5.77. The highest BCUT2D eigenvalue weighted by molar-refractivity contribution is 5.85. The molecule has 1 fully saturated rings. The lowest BCUT2D eigenvalue weighted by Gasteiger charge is -2.15. The van der Waals surface area contributed by atoms with Crippen molar-refractivity contribution in [1.29, 1.82) is 0 Å². The Bertz CT molecular complexity index is 425. The number of nitrogens with zero attached hydrogens (tertiary/aromatic N) is 2. The SMILES string of the molecule is COC(=O)c1nccc(NCC2CCOC2C)n1. The van der Waals surface area contributed by atoms with Crippen molar-refractivity contribution in [2.24, 2.45) is 5.92 Å². The van der Waals surface area contributed by atoms with Gasteiger partial charge in [-0.05, 0) is 19.4 Å². The van der Waals surface area contributed by atoms with Gasteiger partial charge in [0.05, 0.1) is 13.2 Å². The van der Waals surface area contributed by atoms with Crippen LogP contribution in [-0.2, 0) is 9.47 Å². The molecule has 1 saturated heterocycles. The van der Waals surface area contributed by atoms with Crippen molar-refractivity contribution in [1.82, 2.24) is 9.97 Å². The molecule has 1 aliphatic rings. The van der Waals surface area contributed by atoms with Gasteiger partial charge in [-0.2, -0.15) is 0 Å². The van der Waals surface area contributed by atoms with E-state index in [2.05, 4.69) is 26.9 Å². The summed E-state index contributed by atoms with van der Waals surface area (Å²) in [4.78, 5) is 19.2. The number of hydrogen-bond acceptors (Lipinski definition) is 6. The smallest absolute Gasteiger partial charge is 0.376 e. The van der Waals surface area contributed by atoms with Crippen molar-refractivity contribution < 1.29 is 14.3 Å². The van der Waals surface area contributed by atoms with Crippen molar-refractivity contribution in [3.63, 3.8) is 0 Å². The number of nitrogens with one attached hydrogen (secondary N) is 1. The minimum absolute atomic E-state index is 0.0678. The number of hydrogen-bond donors (Lipinski definition) is 1. The molecule has 0 aliphatic carbocycles. The Kier molecular flexibility index (Phi) is 4.09. The first kappa shape index (κ1) is 12.8. The van der Waals surface area contributed by atoms with E-state index < -0.39 is 5.97 Å². The number of rotatable bonds is 4. The Morgan fingerprint density at radius 1 is 1.67 bits per heavy atom. The van der Waals surface area contributed by atoms with E-state index in [0.717, 1.165) is 19.6 Å². The van der Waals surface area contributed by atoms with Crippen molar-refractivity contribution >= 4 is 11.8 Å². The van der Waals surface area contributed by atoms with Crippen LogP contribution in [0.2, 0.25) is 0 Å². The lowest BCUT2D eigenvalue weighted by Crippen LogP contribution is -2.21. The van der Waals surface area contributed by atoms with E-state index in [1.807, 2.05) is 0 Å². The summed E-state index contributed by atoms with van der Waals surface area (Å²) in [7, 11) is 1.31. The average Bonchev–Trinajstić information content (AvgIpc) is 2.81. The molecule has 6 heteroatoms. The third kappa shape index (κ3) is 2.95. The van der Waals surface area contributed by atoms with Crippen LogP contribution in [0.25, 0.3) is 0 Å². The number of carbonyl (C=O) groups is 1. The van der Waals surface area contributed by atoms with Gasteiger partial charge in [-0.25, -0.2) is 14.8 Å². The molecular weight excluding hydrogens is 234 g/mol. The van der Waals surface area contributed by atoms with E-state index in [0.29, 0.717) is 11.7 Å². The highest BCUT2D eigenvalue weighted by Gasteiger charge is 2.23. The Balaban J connectivity index is 1.95. The maximum Gasteiger partial charge on any atom is 0.376 e. The first-order valence-corrected chi connectivity index (χ1v) is 5.97. The Morgan fingerprint density at radius 3 is 3.17 bits per heavy atom. The molecule has 2 heterocycles. The molecule has 0 radical (unpaired) electrons. The molecule has 6 nitrogen and oxygen atoms in total. The minimum atomic E-state index is -0.531. The molecule has 2 rings (SSSR count).